The van der Waals surface area contributed by atoms with Crippen LogP contribution in [0.15, 0.2) is 11.8 Å². The molecule has 0 unspecified atom stereocenters. The summed E-state index contributed by atoms with van der Waals surface area (Å²) in [5, 5.41) is 2.25. The highest BCUT2D eigenvalue weighted by Crippen LogP contribution is 2.09. The number of nitrogens with one attached hydrogen (secondary N) is 1. The second-order valence-corrected chi connectivity index (χ2v) is 3.11. The van der Waals surface area contributed by atoms with E-state index in [1.807, 2.05) is 0 Å². The zero-order chi connectivity index (χ0) is 8.65. The second-order valence-electron chi connectivity index (χ2n) is 3.11. The van der Waals surface area contributed by atoms with Gasteiger partial charge in [-0.15, -0.1) is 0 Å². The highest BCUT2D eigenvalue weighted by atomic mass is 16.2. The van der Waals surface area contributed by atoms with Gasteiger partial charge in [-0.2, -0.15) is 0 Å². The number of hydrogen-bond donors (Lipinski definition) is 1. The van der Waals surface area contributed by atoms with Crippen LogP contribution in [0, 0.1) is 0 Å². The molecule has 1 aliphatic heterocycles. The second kappa shape index (κ2) is 2.17. The molecule has 11 heavy (non-hydrogen) atoms. The zero-order valence-corrected chi connectivity index (χ0v) is 6.84. The minimum atomic E-state index is -0.299. The molecule has 1 heterocycles. The molecule has 1 aliphatic rings. The lowest BCUT2D eigenvalue weighted by atomic mass is 10.2. The van der Waals surface area contributed by atoms with Gasteiger partial charge in [0.25, 0.3) is 5.91 Å². The Kier molecular flexibility index (Phi) is 1.56. The molecule has 0 bridgehead atoms. The minimum Gasteiger partial charge on any atom is -0.269 e. The van der Waals surface area contributed by atoms with Crippen molar-refractivity contribution in [2.24, 2.45) is 0 Å². The summed E-state index contributed by atoms with van der Waals surface area (Å²) in [4.78, 5) is 21.9. The topological polar surface area (TPSA) is 46.2 Å². The van der Waals surface area contributed by atoms with E-state index in [0.29, 0.717) is 5.57 Å². The van der Waals surface area contributed by atoms with E-state index in [1.54, 1.807) is 27.2 Å². The van der Waals surface area contributed by atoms with Gasteiger partial charge < -0.3 is 0 Å². The number of carbonyl (C=O) groups is 2. The molecule has 3 amide bonds. The highest BCUT2D eigenvalue weighted by Gasteiger charge is 2.32. The predicted octanol–water partition coefficient (Wildman–Crippen LogP) is 0.216. The number of rotatable bonds is 0. The molecule has 60 valence electrons. The number of amides is 3. The fourth-order valence-electron chi connectivity index (χ4n) is 0.941. The van der Waals surface area contributed by atoms with Crippen LogP contribution in [-0.4, -0.2) is 30.5 Å². The Hall–Kier alpha value is -1.16. The van der Waals surface area contributed by atoms with Crippen LogP contribution in [0.5, 0.6) is 0 Å². The summed E-state index contributed by atoms with van der Waals surface area (Å²) in [6, 6.07) is -0.291. The third kappa shape index (κ3) is 1.30. The van der Waals surface area contributed by atoms with Crippen LogP contribution in [0.2, 0.25) is 0 Å². The molecule has 0 aliphatic carbocycles. The zero-order valence-electron chi connectivity index (χ0n) is 6.84. The largest absolute Gasteiger partial charge is 0.427 e. The van der Waals surface area contributed by atoms with E-state index in [1.165, 1.54) is 0 Å². The van der Waals surface area contributed by atoms with E-state index in [4.69, 9.17) is 0 Å². The molecule has 1 N–H and O–H groups in total. The van der Waals surface area contributed by atoms with Crippen LogP contribution >= 0.6 is 0 Å². The van der Waals surface area contributed by atoms with E-state index in [2.05, 4.69) is 5.32 Å². The number of quaternary nitrogens is 1. The molecule has 4 heteroatoms. The molecule has 0 spiro atoms. The highest BCUT2D eigenvalue weighted by molar-refractivity contribution is 6.03. The smallest absolute Gasteiger partial charge is 0.269 e. The fourth-order valence-corrected chi connectivity index (χ4v) is 0.941. The molecular formula is C7H11N2O2+. The van der Waals surface area contributed by atoms with Crippen molar-refractivity contribution >= 4 is 11.9 Å². The standard InChI is InChI=1S/C7H10N2O2/c1-5-4-9(2,3)7(11)8-6(5)10/h4H,1-3H3/p+1. The lowest BCUT2D eigenvalue weighted by Crippen LogP contribution is -2.53. The average Bonchev–Trinajstić information content (AvgIpc) is 1.83. The number of nitrogens with zero attached hydrogens (tertiary/aromatic N) is 1. The summed E-state index contributed by atoms with van der Waals surface area (Å²) in [5.41, 5.74) is 0.578. The maximum absolute atomic E-state index is 11.1. The van der Waals surface area contributed by atoms with Crippen molar-refractivity contribution in [3.63, 3.8) is 0 Å². The Morgan fingerprint density at radius 1 is 1.36 bits per heavy atom. The SMILES string of the molecule is CC1=C[N+](C)(C)C(=O)NC1=O. The maximum Gasteiger partial charge on any atom is 0.427 e. The van der Waals surface area contributed by atoms with Gasteiger partial charge in [-0.25, -0.2) is 14.6 Å². The monoisotopic (exact) mass is 155 g/mol. The Labute approximate surface area is 65.1 Å². The van der Waals surface area contributed by atoms with Gasteiger partial charge >= 0.3 is 6.03 Å². The Balaban J connectivity index is 3.06. The minimum absolute atomic E-state index is 0.0809. The van der Waals surface area contributed by atoms with Crippen molar-refractivity contribution in [2.75, 3.05) is 14.1 Å². The first-order valence-electron chi connectivity index (χ1n) is 3.32. The van der Waals surface area contributed by atoms with Crippen molar-refractivity contribution in [3.05, 3.63) is 11.8 Å². The normalized spacial score (nSPS) is 22.6. The summed E-state index contributed by atoms with van der Waals surface area (Å²) in [6.45, 7) is 1.68. The van der Waals surface area contributed by atoms with Crippen LogP contribution in [0.1, 0.15) is 6.92 Å². The van der Waals surface area contributed by atoms with Gasteiger partial charge in [0.15, 0.2) is 0 Å². The molecule has 0 aromatic carbocycles. The van der Waals surface area contributed by atoms with Gasteiger partial charge in [-0.3, -0.25) is 4.79 Å². The number of carbonyl (C=O) groups excluding carboxylic acids is 2. The summed E-state index contributed by atoms with van der Waals surface area (Å²) in [6.07, 6.45) is 1.63. The molecule has 0 aromatic rings. The third-order valence-electron chi connectivity index (χ3n) is 1.62. The summed E-state index contributed by atoms with van der Waals surface area (Å²) < 4.78 is 0.0809. The molecular weight excluding hydrogens is 144 g/mol. The molecule has 0 atom stereocenters. The van der Waals surface area contributed by atoms with E-state index in [9.17, 15) is 9.59 Å². The van der Waals surface area contributed by atoms with Crippen molar-refractivity contribution in [1.82, 2.24) is 5.32 Å². The fraction of sp³-hybridized carbons (Fsp3) is 0.429. The summed E-state index contributed by atoms with van der Waals surface area (Å²) in [7, 11) is 3.43. The van der Waals surface area contributed by atoms with Crippen molar-refractivity contribution in [2.45, 2.75) is 6.92 Å². The Bertz CT molecular complexity index is 253. The van der Waals surface area contributed by atoms with Gasteiger partial charge in [0.2, 0.25) is 0 Å². The molecule has 0 saturated carbocycles. The average molecular weight is 155 g/mol. The predicted molar refractivity (Wildman–Crippen MR) is 39.4 cm³/mol. The van der Waals surface area contributed by atoms with Crippen molar-refractivity contribution in [1.29, 1.82) is 0 Å². The van der Waals surface area contributed by atoms with E-state index >= 15 is 0 Å². The number of urea groups is 1. The van der Waals surface area contributed by atoms with Crippen LogP contribution in [0.4, 0.5) is 4.79 Å². The molecule has 0 fully saturated rings. The van der Waals surface area contributed by atoms with Crippen LogP contribution in [-0.2, 0) is 4.79 Å². The maximum atomic E-state index is 11.1. The summed E-state index contributed by atoms with van der Waals surface area (Å²) in [5.74, 6) is -0.299. The van der Waals surface area contributed by atoms with Crippen LogP contribution in [0.25, 0.3) is 0 Å². The Morgan fingerprint density at radius 2 is 1.91 bits per heavy atom. The van der Waals surface area contributed by atoms with Gasteiger partial charge in [-0.05, 0) is 6.92 Å². The van der Waals surface area contributed by atoms with Gasteiger partial charge in [0.05, 0.1) is 19.7 Å². The van der Waals surface area contributed by atoms with E-state index in [-0.39, 0.29) is 16.4 Å². The molecule has 0 radical (unpaired) electrons. The molecule has 1 rings (SSSR count). The molecule has 0 aromatic heterocycles. The van der Waals surface area contributed by atoms with Crippen LogP contribution in [0.3, 0.4) is 0 Å². The summed E-state index contributed by atoms with van der Waals surface area (Å²) >= 11 is 0. The first-order chi connectivity index (χ1) is 4.93. The van der Waals surface area contributed by atoms with E-state index < -0.39 is 0 Å². The first kappa shape index (κ1) is 7.94. The number of hydrogen-bond acceptors (Lipinski definition) is 2. The Morgan fingerprint density at radius 3 is 2.36 bits per heavy atom. The van der Waals surface area contributed by atoms with E-state index in [0.717, 1.165) is 0 Å². The number of imide groups is 1. The quantitative estimate of drug-likeness (QED) is 0.508. The van der Waals surface area contributed by atoms with Gasteiger partial charge in [-0.1, -0.05) is 0 Å². The molecule has 0 saturated heterocycles. The third-order valence-corrected chi connectivity index (χ3v) is 1.62. The lowest BCUT2D eigenvalue weighted by Gasteiger charge is -2.25. The van der Waals surface area contributed by atoms with Gasteiger partial charge in [0, 0.05) is 0 Å². The first-order valence-corrected chi connectivity index (χ1v) is 3.32. The van der Waals surface area contributed by atoms with Gasteiger partial charge in [0.1, 0.15) is 6.20 Å². The van der Waals surface area contributed by atoms with Crippen LogP contribution < -0.4 is 5.32 Å². The van der Waals surface area contributed by atoms with Crippen molar-refractivity contribution < 1.29 is 14.1 Å². The lowest BCUT2D eigenvalue weighted by molar-refractivity contribution is -0.754. The van der Waals surface area contributed by atoms with Crippen molar-refractivity contribution in [3.8, 4) is 0 Å². The molecule has 4 nitrogen and oxygen atoms in total.